The van der Waals surface area contributed by atoms with Crippen LogP contribution in [0.1, 0.15) is 13.8 Å². The second-order valence-corrected chi connectivity index (χ2v) is 3.40. The summed E-state index contributed by atoms with van der Waals surface area (Å²) in [4.78, 5) is 2.18. The molecule has 0 aliphatic rings. The molecule has 0 rings (SSSR count). The Morgan fingerprint density at radius 2 is 2.00 bits per heavy atom. The lowest BCUT2D eigenvalue weighted by molar-refractivity contribution is 0.375. The van der Waals surface area contributed by atoms with E-state index < -0.39 is 0 Å². The third kappa shape index (κ3) is 6.07. The number of nitrogens with one attached hydrogen (secondary N) is 1. The van der Waals surface area contributed by atoms with Crippen LogP contribution in [0.4, 0.5) is 0 Å². The second kappa shape index (κ2) is 5.33. The molecule has 1 atom stereocenters. The summed E-state index contributed by atoms with van der Waals surface area (Å²) in [7, 11) is 6.17. The molecule has 0 saturated heterocycles. The molecule has 1 unspecified atom stereocenters. The lowest BCUT2D eigenvalue weighted by Gasteiger charge is -2.17. The van der Waals surface area contributed by atoms with Crippen molar-refractivity contribution in [3.8, 4) is 0 Å². The van der Waals surface area contributed by atoms with Gasteiger partial charge in [-0.15, -0.1) is 0 Å². The minimum Gasteiger partial charge on any atom is -0.312 e. The minimum atomic E-state index is 0.481. The number of likely N-dealkylation sites (N-methyl/N-ethyl adjacent to an activating group) is 2. The predicted molar refractivity (Wildman–Crippen MR) is 50.8 cm³/mol. The summed E-state index contributed by atoms with van der Waals surface area (Å²) >= 11 is 0. The van der Waals surface area contributed by atoms with Gasteiger partial charge in [-0.05, 0) is 35.0 Å². The van der Waals surface area contributed by atoms with E-state index in [9.17, 15) is 0 Å². The van der Waals surface area contributed by atoms with Crippen molar-refractivity contribution in [2.24, 2.45) is 0 Å². The van der Waals surface area contributed by atoms with Crippen molar-refractivity contribution in [2.45, 2.75) is 19.9 Å². The van der Waals surface area contributed by atoms with E-state index in [-0.39, 0.29) is 0 Å². The highest BCUT2D eigenvalue weighted by molar-refractivity contribution is 5.01. The average molecular weight is 156 g/mol. The molecule has 0 amide bonds. The molecule has 0 aromatic heterocycles. The highest BCUT2D eigenvalue weighted by atomic mass is 15.1. The number of allylic oxidation sites excluding steroid dienone is 1. The lowest BCUT2D eigenvalue weighted by Crippen LogP contribution is -2.34. The normalized spacial score (nSPS) is 13.3. The second-order valence-electron chi connectivity index (χ2n) is 3.40. The van der Waals surface area contributed by atoms with Crippen LogP contribution < -0.4 is 5.32 Å². The molecular formula is C9H20N2. The molecule has 0 aliphatic carbocycles. The van der Waals surface area contributed by atoms with Crippen LogP contribution in [0.25, 0.3) is 0 Å². The highest BCUT2D eigenvalue weighted by Gasteiger charge is 2.01. The fraction of sp³-hybridized carbons (Fsp3) is 0.778. The van der Waals surface area contributed by atoms with Crippen molar-refractivity contribution < 1.29 is 0 Å². The SMILES string of the molecule is CNC(C=C(C)C)CN(C)C. The Morgan fingerprint density at radius 3 is 2.27 bits per heavy atom. The molecule has 2 nitrogen and oxygen atoms in total. The molecule has 0 bridgehead atoms. The van der Waals surface area contributed by atoms with Crippen LogP contribution in [0.2, 0.25) is 0 Å². The van der Waals surface area contributed by atoms with E-state index in [0.717, 1.165) is 6.54 Å². The van der Waals surface area contributed by atoms with E-state index in [4.69, 9.17) is 0 Å². The van der Waals surface area contributed by atoms with E-state index >= 15 is 0 Å². The quantitative estimate of drug-likeness (QED) is 0.613. The summed E-state index contributed by atoms with van der Waals surface area (Å²) in [6, 6.07) is 0.481. The van der Waals surface area contributed by atoms with Gasteiger partial charge in [0.05, 0.1) is 0 Å². The van der Waals surface area contributed by atoms with Gasteiger partial charge in [-0.2, -0.15) is 0 Å². The Labute approximate surface area is 70.3 Å². The highest BCUT2D eigenvalue weighted by Crippen LogP contribution is 1.94. The standard InChI is InChI=1S/C9H20N2/c1-8(2)6-9(10-3)7-11(4)5/h6,9-10H,7H2,1-5H3. The van der Waals surface area contributed by atoms with Crippen LogP contribution in [0.5, 0.6) is 0 Å². The summed E-state index contributed by atoms with van der Waals surface area (Å²) in [6.45, 7) is 5.31. The Kier molecular flexibility index (Phi) is 5.16. The molecule has 0 fully saturated rings. The lowest BCUT2D eigenvalue weighted by atomic mass is 10.2. The molecular weight excluding hydrogens is 136 g/mol. The van der Waals surface area contributed by atoms with Gasteiger partial charge in [-0.3, -0.25) is 0 Å². The van der Waals surface area contributed by atoms with Crippen molar-refractivity contribution in [2.75, 3.05) is 27.7 Å². The Balaban J connectivity index is 3.86. The summed E-state index contributed by atoms with van der Waals surface area (Å²) in [5.41, 5.74) is 1.37. The summed E-state index contributed by atoms with van der Waals surface area (Å²) in [6.07, 6.45) is 2.25. The summed E-state index contributed by atoms with van der Waals surface area (Å²) < 4.78 is 0. The van der Waals surface area contributed by atoms with Gasteiger partial charge >= 0.3 is 0 Å². The van der Waals surface area contributed by atoms with Gasteiger partial charge in [0.2, 0.25) is 0 Å². The molecule has 0 aliphatic heterocycles. The number of hydrogen-bond acceptors (Lipinski definition) is 2. The molecule has 1 N–H and O–H groups in total. The molecule has 0 aromatic rings. The summed E-state index contributed by atoms with van der Waals surface area (Å²) in [5.74, 6) is 0. The molecule has 0 saturated carbocycles. The van der Waals surface area contributed by atoms with Crippen molar-refractivity contribution in [3.05, 3.63) is 11.6 Å². The van der Waals surface area contributed by atoms with Crippen molar-refractivity contribution in [1.29, 1.82) is 0 Å². The van der Waals surface area contributed by atoms with Gasteiger partial charge in [0.15, 0.2) is 0 Å². The summed E-state index contributed by atoms with van der Waals surface area (Å²) in [5, 5.41) is 3.25. The molecule has 0 radical (unpaired) electrons. The van der Waals surface area contributed by atoms with Gasteiger partial charge in [-0.1, -0.05) is 11.6 Å². The monoisotopic (exact) mass is 156 g/mol. The van der Waals surface area contributed by atoms with E-state index in [1.165, 1.54) is 5.57 Å². The first-order valence-electron chi connectivity index (χ1n) is 4.03. The van der Waals surface area contributed by atoms with Crippen LogP contribution >= 0.6 is 0 Å². The third-order valence-corrected chi connectivity index (χ3v) is 1.47. The first-order chi connectivity index (χ1) is 5.06. The number of rotatable bonds is 4. The topological polar surface area (TPSA) is 15.3 Å². The molecule has 0 heterocycles. The van der Waals surface area contributed by atoms with E-state index in [2.05, 4.69) is 44.2 Å². The molecule has 66 valence electrons. The van der Waals surface area contributed by atoms with E-state index in [1.807, 2.05) is 7.05 Å². The largest absolute Gasteiger partial charge is 0.312 e. The molecule has 0 spiro atoms. The van der Waals surface area contributed by atoms with Gasteiger partial charge in [-0.25, -0.2) is 0 Å². The minimum absolute atomic E-state index is 0.481. The number of nitrogens with zero attached hydrogens (tertiary/aromatic N) is 1. The third-order valence-electron chi connectivity index (χ3n) is 1.47. The fourth-order valence-corrected chi connectivity index (χ4v) is 1.02. The predicted octanol–water partition coefficient (Wildman–Crippen LogP) is 1.10. The van der Waals surface area contributed by atoms with Crippen molar-refractivity contribution in [3.63, 3.8) is 0 Å². The maximum atomic E-state index is 3.25. The van der Waals surface area contributed by atoms with Crippen molar-refractivity contribution >= 4 is 0 Å². The zero-order valence-electron chi connectivity index (χ0n) is 8.31. The molecule has 11 heavy (non-hydrogen) atoms. The Morgan fingerprint density at radius 1 is 1.45 bits per heavy atom. The van der Waals surface area contributed by atoms with E-state index in [0.29, 0.717) is 6.04 Å². The first-order valence-corrected chi connectivity index (χ1v) is 4.03. The van der Waals surface area contributed by atoms with Gasteiger partial charge < -0.3 is 10.2 Å². The first kappa shape index (κ1) is 10.7. The van der Waals surface area contributed by atoms with Crippen LogP contribution in [-0.2, 0) is 0 Å². The van der Waals surface area contributed by atoms with E-state index in [1.54, 1.807) is 0 Å². The average Bonchev–Trinajstić information content (AvgIpc) is 1.84. The maximum Gasteiger partial charge on any atom is 0.0378 e. The molecule has 0 aromatic carbocycles. The Hall–Kier alpha value is -0.340. The molecule has 2 heteroatoms. The Bertz CT molecular complexity index is 124. The van der Waals surface area contributed by atoms with Crippen molar-refractivity contribution in [1.82, 2.24) is 10.2 Å². The zero-order chi connectivity index (χ0) is 8.85. The smallest absolute Gasteiger partial charge is 0.0378 e. The van der Waals surface area contributed by atoms with Crippen LogP contribution in [0.15, 0.2) is 11.6 Å². The van der Waals surface area contributed by atoms with Gasteiger partial charge in [0, 0.05) is 12.6 Å². The zero-order valence-corrected chi connectivity index (χ0v) is 8.31. The van der Waals surface area contributed by atoms with Crippen LogP contribution in [0, 0.1) is 0 Å². The van der Waals surface area contributed by atoms with Crippen LogP contribution in [-0.4, -0.2) is 38.6 Å². The fourth-order valence-electron chi connectivity index (χ4n) is 1.02. The van der Waals surface area contributed by atoms with Gasteiger partial charge in [0.25, 0.3) is 0 Å². The maximum absolute atomic E-state index is 3.25. The van der Waals surface area contributed by atoms with Gasteiger partial charge in [0.1, 0.15) is 0 Å². The van der Waals surface area contributed by atoms with Crippen LogP contribution in [0.3, 0.4) is 0 Å². The number of hydrogen-bond donors (Lipinski definition) is 1.